The van der Waals surface area contributed by atoms with Gasteiger partial charge in [0.1, 0.15) is 0 Å². The molecule has 19 heavy (non-hydrogen) atoms. The highest BCUT2D eigenvalue weighted by atomic mass is 16.5. The van der Waals surface area contributed by atoms with Crippen LogP contribution in [-0.2, 0) is 10.3 Å². The summed E-state index contributed by atoms with van der Waals surface area (Å²) >= 11 is 0. The van der Waals surface area contributed by atoms with E-state index in [1.54, 1.807) is 6.07 Å². The van der Waals surface area contributed by atoms with Crippen molar-refractivity contribution < 1.29 is 9.53 Å². The molecular weight excluding hydrogens is 240 g/mol. The summed E-state index contributed by atoms with van der Waals surface area (Å²) < 4.78 is 6.59. The molecule has 0 N–H and O–H groups in total. The van der Waals surface area contributed by atoms with E-state index in [-0.39, 0.29) is 5.54 Å². The first-order valence-corrected chi connectivity index (χ1v) is 6.18. The summed E-state index contributed by atoms with van der Waals surface area (Å²) in [5.41, 5.74) is 2.06. The fourth-order valence-electron chi connectivity index (χ4n) is 1.91. The SMILES string of the molecule is COC(=O)c1cc(-c2ccccc2)n(C(C)(C)C)n1. The molecule has 0 bridgehead atoms. The molecule has 4 heteroatoms. The van der Waals surface area contributed by atoms with E-state index in [1.807, 2.05) is 55.8 Å². The summed E-state index contributed by atoms with van der Waals surface area (Å²) in [5.74, 6) is -0.416. The number of hydrogen-bond acceptors (Lipinski definition) is 3. The highest BCUT2D eigenvalue weighted by molar-refractivity contribution is 5.88. The van der Waals surface area contributed by atoms with E-state index in [0.717, 1.165) is 11.3 Å². The molecule has 0 saturated carbocycles. The van der Waals surface area contributed by atoms with E-state index in [2.05, 4.69) is 5.10 Å². The Balaban J connectivity index is 2.59. The molecule has 1 heterocycles. The van der Waals surface area contributed by atoms with Gasteiger partial charge in [-0.1, -0.05) is 30.3 Å². The van der Waals surface area contributed by atoms with Crippen molar-refractivity contribution in [2.24, 2.45) is 0 Å². The molecule has 0 atom stereocenters. The number of ether oxygens (including phenoxy) is 1. The normalized spacial score (nSPS) is 11.4. The number of esters is 1. The van der Waals surface area contributed by atoms with Crippen molar-refractivity contribution in [2.45, 2.75) is 26.3 Å². The number of hydrogen-bond donors (Lipinski definition) is 0. The summed E-state index contributed by atoms with van der Waals surface area (Å²) in [6, 6.07) is 11.7. The molecule has 2 aromatic rings. The van der Waals surface area contributed by atoms with Crippen molar-refractivity contribution in [3.05, 3.63) is 42.1 Å². The molecule has 0 unspecified atom stereocenters. The van der Waals surface area contributed by atoms with Gasteiger partial charge in [0, 0.05) is 0 Å². The van der Waals surface area contributed by atoms with Gasteiger partial charge in [-0.2, -0.15) is 5.10 Å². The highest BCUT2D eigenvalue weighted by Crippen LogP contribution is 2.26. The van der Waals surface area contributed by atoms with E-state index >= 15 is 0 Å². The largest absolute Gasteiger partial charge is 0.464 e. The zero-order valence-electron chi connectivity index (χ0n) is 11.7. The highest BCUT2D eigenvalue weighted by Gasteiger charge is 2.23. The van der Waals surface area contributed by atoms with Crippen LogP contribution in [0.15, 0.2) is 36.4 Å². The topological polar surface area (TPSA) is 44.1 Å². The van der Waals surface area contributed by atoms with Gasteiger partial charge in [0.15, 0.2) is 5.69 Å². The lowest BCUT2D eigenvalue weighted by Crippen LogP contribution is -2.24. The predicted molar refractivity (Wildman–Crippen MR) is 74.0 cm³/mol. The van der Waals surface area contributed by atoms with Gasteiger partial charge in [0.25, 0.3) is 0 Å². The smallest absolute Gasteiger partial charge is 0.358 e. The van der Waals surface area contributed by atoms with Gasteiger partial charge >= 0.3 is 5.97 Å². The van der Waals surface area contributed by atoms with E-state index in [9.17, 15) is 4.79 Å². The third-order valence-electron chi connectivity index (χ3n) is 2.81. The number of carbonyl (C=O) groups is 1. The first kappa shape index (κ1) is 13.3. The van der Waals surface area contributed by atoms with Crippen LogP contribution in [0.25, 0.3) is 11.3 Å². The van der Waals surface area contributed by atoms with Crippen molar-refractivity contribution in [3.8, 4) is 11.3 Å². The molecule has 0 aliphatic carbocycles. The molecule has 1 aromatic carbocycles. The number of methoxy groups -OCH3 is 1. The molecule has 0 aliphatic rings. The number of nitrogens with zero attached hydrogens (tertiary/aromatic N) is 2. The second-order valence-electron chi connectivity index (χ2n) is 5.36. The molecule has 100 valence electrons. The van der Waals surface area contributed by atoms with E-state index in [4.69, 9.17) is 4.74 Å². The van der Waals surface area contributed by atoms with Crippen molar-refractivity contribution in [1.29, 1.82) is 0 Å². The van der Waals surface area contributed by atoms with Crippen LogP contribution in [0.5, 0.6) is 0 Å². The maximum atomic E-state index is 11.6. The molecule has 0 radical (unpaired) electrons. The molecule has 0 fully saturated rings. The van der Waals surface area contributed by atoms with Crippen LogP contribution in [0, 0.1) is 0 Å². The number of rotatable bonds is 2. The third-order valence-corrected chi connectivity index (χ3v) is 2.81. The third kappa shape index (κ3) is 2.67. The average Bonchev–Trinajstić information content (AvgIpc) is 2.84. The molecule has 2 rings (SSSR count). The number of carbonyl (C=O) groups excluding carboxylic acids is 1. The van der Waals surface area contributed by atoms with Crippen LogP contribution >= 0.6 is 0 Å². The summed E-state index contributed by atoms with van der Waals surface area (Å²) in [7, 11) is 1.36. The lowest BCUT2D eigenvalue weighted by Gasteiger charge is -2.22. The molecule has 4 nitrogen and oxygen atoms in total. The minimum Gasteiger partial charge on any atom is -0.464 e. The van der Waals surface area contributed by atoms with Crippen LogP contribution in [0.4, 0.5) is 0 Å². The summed E-state index contributed by atoms with van der Waals surface area (Å²) in [6.45, 7) is 6.15. The van der Waals surface area contributed by atoms with Gasteiger partial charge in [-0.05, 0) is 32.4 Å². The fraction of sp³-hybridized carbons (Fsp3) is 0.333. The van der Waals surface area contributed by atoms with Crippen LogP contribution in [0.1, 0.15) is 31.3 Å². The van der Waals surface area contributed by atoms with E-state index in [1.165, 1.54) is 7.11 Å². The van der Waals surface area contributed by atoms with Gasteiger partial charge in [-0.15, -0.1) is 0 Å². The maximum absolute atomic E-state index is 11.6. The number of benzene rings is 1. The number of aromatic nitrogens is 2. The van der Waals surface area contributed by atoms with E-state index in [0.29, 0.717) is 5.69 Å². The lowest BCUT2D eigenvalue weighted by atomic mass is 10.1. The minimum atomic E-state index is -0.416. The average molecular weight is 258 g/mol. The van der Waals surface area contributed by atoms with Crippen LogP contribution in [0.3, 0.4) is 0 Å². The molecule has 1 aromatic heterocycles. The molecule has 0 amide bonds. The van der Waals surface area contributed by atoms with Crippen LogP contribution < -0.4 is 0 Å². The minimum absolute atomic E-state index is 0.211. The monoisotopic (exact) mass is 258 g/mol. The van der Waals surface area contributed by atoms with Gasteiger partial charge < -0.3 is 4.74 Å². The van der Waals surface area contributed by atoms with Gasteiger partial charge in [-0.3, -0.25) is 4.68 Å². The van der Waals surface area contributed by atoms with Crippen molar-refractivity contribution in [2.75, 3.05) is 7.11 Å². The predicted octanol–water partition coefficient (Wildman–Crippen LogP) is 3.09. The second kappa shape index (κ2) is 4.88. The first-order valence-electron chi connectivity index (χ1n) is 6.18. The zero-order chi connectivity index (χ0) is 14.0. The molecule has 0 saturated heterocycles. The summed E-state index contributed by atoms with van der Waals surface area (Å²) in [6.07, 6.45) is 0. The Morgan fingerprint density at radius 2 is 1.84 bits per heavy atom. The zero-order valence-corrected chi connectivity index (χ0v) is 11.7. The summed E-state index contributed by atoms with van der Waals surface area (Å²) in [4.78, 5) is 11.6. The first-order chi connectivity index (χ1) is 8.93. The molecule has 0 aliphatic heterocycles. The van der Waals surface area contributed by atoms with Crippen LogP contribution in [-0.4, -0.2) is 22.9 Å². The quantitative estimate of drug-likeness (QED) is 0.777. The Kier molecular flexibility index (Phi) is 3.42. The van der Waals surface area contributed by atoms with Gasteiger partial charge in [0.2, 0.25) is 0 Å². The Hall–Kier alpha value is -2.10. The van der Waals surface area contributed by atoms with Gasteiger partial charge in [-0.25, -0.2) is 4.79 Å². The Morgan fingerprint density at radius 1 is 1.21 bits per heavy atom. The van der Waals surface area contributed by atoms with Crippen molar-refractivity contribution in [3.63, 3.8) is 0 Å². The molecule has 0 spiro atoms. The fourth-order valence-corrected chi connectivity index (χ4v) is 1.91. The van der Waals surface area contributed by atoms with E-state index < -0.39 is 5.97 Å². The Bertz CT molecular complexity index is 580. The van der Waals surface area contributed by atoms with Crippen molar-refractivity contribution >= 4 is 5.97 Å². The standard InChI is InChI=1S/C15H18N2O2/c1-15(2,3)17-13(11-8-6-5-7-9-11)10-12(16-17)14(18)19-4/h5-10H,1-4H3. The molecular formula is C15H18N2O2. The van der Waals surface area contributed by atoms with Crippen LogP contribution in [0.2, 0.25) is 0 Å². The maximum Gasteiger partial charge on any atom is 0.358 e. The Labute approximate surface area is 113 Å². The Morgan fingerprint density at radius 3 is 2.37 bits per heavy atom. The van der Waals surface area contributed by atoms with Gasteiger partial charge in [0.05, 0.1) is 18.3 Å². The van der Waals surface area contributed by atoms with Crippen molar-refractivity contribution in [1.82, 2.24) is 9.78 Å². The second-order valence-corrected chi connectivity index (χ2v) is 5.36. The lowest BCUT2D eigenvalue weighted by molar-refractivity contribution is 0.0592. The summed E-state index contributed by atoms with van der Waals surface area (Å²) in [5, 5.41) is 4.37.